The number of nitrogens with zero attached hydrogens (tertiary/aromatic N) is 2. The Hall–Kier alpha value is -1.89. The lowest BCUT2D eigenvalue weighted by Gasteiger charge is -2.23. The average molecular weight is 375 g/mol. The second-order valence-electron chi connectivity index (χ2n) is 6.57. The second kappa shape index (κ2) is 6.44. The average Bonchev–Trinajstić information content (AvgIpc) is 3.21. The molecule has 1 saturated heterocycles. The van der Waals surface area contributed by atoms with E-state index in [2.05, 4.69) is 34.0 Å². The van der Waals surface area contributed by atoms with Crippen LogP contribution < -0.4 is 5.56 Å². The van der Waals surface area contributed by atoms with Crippen LogP contribution >= 0.6 is 23.8 Å². The predicted octanol–water partition coefficient (Wildman–Crippen LogP) is 3.86. The largest absolute Gasteiger partial charge is 0.355 e. The van der Waals surface area contributed by atoms with Crippen molar-refractivity contribution in [1.29, 1.82) is 0 Å². The molecule has 7 heteroatoms. The molecule has 5 nitrogen and oxygen atoms in total. The van der Waals surface area contributed by atoms with Crippen LogP contribution in [0.4, 0.5) is 0 Å². The lowest BCUT2D eigenvalue weighted by atomic mass is 9.98. The van der Waals surface area contributed by atoms with Crippen LogP contribution in [-0.2, 0) is 6.54 Å². The Morgan fingerprint density at radius 2 is 2.20 bits per heavy atom. The van der Waals surface area contributed by atoms with E-state index >= 15 is 0 Å². The van der Waals surface area contributed by atoms with Crippen molar-refractivity contribution >= 4 is 34.9 Å². The van der Waals surface area contributed by atoms with Crippen molar-refractivity contribution in [3.63, 3.8) is 0 Å². The highest BCUT2D eigenvalue weighted by molar-refractivity contribution is 7.71. The van der Waals surface area contributed by atoms with Gasteiger partial charge in [0.25, 0.3) is 5.56 Å². The summed E-state index contributed by atoms with van der Waals surface area (Å²) >= 11 is 11.7. The summed E-state index contributed by atoms with van der Waals surface area (Å²) in [5.74, 6) is 0. The molecule has 0 aliphatic carbocycles. The van der Waals surface area contributed by atoms with Gasteiger partial charge in [-0.1, -0.05) is 17.7 Å². The molecule has 130 valence electrons. The number of aromatic nitrogens is 3. The number of hydrogen-bond acceptors (Lipinski definition) is 3. The zero-order chi connectivity index (χ0) is 17.6. The molecule has 3 heterocycles. The van der Waals surface area contributed by atoms with E-state index in [9.17, 15) is 4.79 Å². The summed E-state index contributed by atoms with van der Waals surface area (Å²) in [7, 11) is 2.15. The summed E-state index contributed by atoms with van der Waals surface area (Å²) in [6, 6.07) is 8.30. The number of nitrogens with one attached hydrogen (secondary N) is 2. The molecule has 4 rings (SSSR count). The minimum absolute atomic E-state index is 0.187. The van der Waals surface area contributed by atoms with Crippen molar-refractivity contribution in [3.05, 3.63) is 61.7 Å². The van der Waals surface area contributed by atoms with Gasteiger partial charge in [0.05, 0.1) is 12.1 Å². The van der Waals surface area contributed by atoms with E-state index in [1.807, 2.05) is 16.7 Å². The summed E-state index contributed by atoms with van der Waals surface area (Å²) in [5, 5.41) is 0.746. The van der Waals surface area contributed by atoms with Gasteiger partial charge in [0.2, 0.25) is 0 Å². The van der Waals surface area contributed by atoms with E-state index < -0.39 is 0 Å². The van der Waals surface area contributed by atoms with Gasteiger partial charge < -0.3 is 9.55 Å². The molecule has 0 spiro atoms. The van der Waals surface area contributed by atoms with Gasteiger partial charge in [0.1, 0.15) is 5.52 Å². The summed E-state index contributed by atoms with van der Waals surface area (Å²) in [5.41, 5.74) is 3.59. The smallest absolute Gasteiger partial charge is 0.276 e. The fraction of sp³-hybridized carbons (Fsp3) is 0.333. The van der Waals surface area contributed by atoms with Gasteiger partial charge in [-0.15, -0.1) is 0 Å². The Balaban J connectivity index is 1.84. The van der Waals surface area contributed by atoms with Crippen LogP contribution in [0.5, 0.6) is 0 Å². The van der Waals surface area contributed by atoms with E-state index in [0.29, 0.717) is 22.9 Å². The number of hydrogen-bond donors (Lipinski definition) is 2. The number of halogens is 1. The predicted molar refractivity (Wildman–Crippen MR) is 103 cm³/mol. The first-order valence-corrected chi connectivity index (χ1v) is 9.12. The van der Waals surface area contributed by atoms with Gasteiger partial charge in [-0.05, 0) is 68.0 Å². The second-order valence-corrected chi connectivity index (χ2v) is 7.39. The van der Waals surface area contributed by atoms with Gasteiger partial charge in [0, 0.05) is 17.3 Å². The Morgan fingerprint density at radius 3 is 2.96 bits per heavy atom. The van der Waals surface area contributed by atoms with Crippen molar-refractivity contribution in [3.8, 4) is 0 Å². The van der Waals surface area contributed by atoms with E-state index in [1.165, 1.54) is 17.5 Å². The van der Waals surface area contributed by atoms with Crippen molar-refractivity contribution in [2.75, 3.05) is 13.6 Å². The zero-order valence-corrected chi connectivity index (χ0v) is 15.5. The van der Waals surface area contributed by atoms with Crippen LogP contribution in [0.3, 0.4) is 0 Å². The maximum absolute atomic E-state index is 12.0. The number of likely N-dealkylation sites (tertiary alicyclic amines) is 1. The summed E-state index contributed by atoms with van der Waals surface area (Å²) < 4.78 is 2.39. The molecule has 2 N–H and O–H groups in total. The highest BCUT2D eigenvalue weighted by Crippen LogP contribution is 2.34. The first kappa shape index (κ1) is 16.6. The standard InChI is InChI=1S/C18H19ClN4OS/c1-22-8-2-3-14(22)13-9-12(19)5-4-11(13)10-23-15-6-7-20-16(15)17(24)21-18(23)25/h4-7,9,14,20H,2-3,8,10H2,1H3,(H,21,24,25). The maximum atomic E-state index is 12.0. The molecule has 1 aliphatic rings. The normalized spacial score (nSPS) is 18.2. The fourth-order valence-corrected chi connectivity index (χ4v) is 4.19. The van der Waals surface area contributed by atoms with Crippen molar-refractivity contribution in [2.24, 2.45) is 0 Å². The van der Waals surface area contributed by atoms with Gasteiger partial charge >= 0.3 is 0 Å². The first-order chi connectivity index (χ1) is 12.0. The van der Waals surface area contributed by atoms with Gasteiger partial charge in [-0.3, -0.25) is 14.7 Å². The third-order valence-corrected chi connectivity index (χ3v) is 5.58. The molecule has 1 aliphatic heterocycles. The van der Waals surface area contributed by atoms with Crippen LogP contribution in [0.1, 0.15) is 30.0 Å². The van der Waals surface area contributed by atoms with Crippen molar-refractivity contribution in [1.82, 2.24) is 19.4 Å². The minimum atomic E-state index is -0.187. The van der Waals surface area contributed by atoms with Gasteiger partial charge in [-0.25, -0.2) is 0 Å². The Labute approximate surface area is 155 Å². The highest BCUT2D eigenvalue weighted by atomic mass is 35.5. The number of fused-ring (bicyclic) bond motifs is 1. The quantitative estimate of drug-likeness (QED) is 0.684. The summed E-state index contributed by atoms with van der Waals surface area (Å²) in [6.07, 6.45) is 4.08. The lowest BCUT2D eigenvalue weighted by molar-refractivity contribution is 0.316. The molecule has 1 fully saturated rings. The monoisotopic (exact) mass is 374 g/mol. The molecular weight excluding hydrogens is 356 g/mol. The van der Waals surface area contributed by atoms with Gasteiger partial charge in [0.15, 0.2) is 4.77 Å². The number of aromatic amines is 2. The van der Waals surface area contributed by atoms with E-state index in [4.69, 9.17) is 23.8 Å². The van der Waals surface area contributed by atoms with Crippen LogP contribution in [-0.4, -0.2) is 33.0 Å². The molecule has 3 aromatic rings. The van der Waals surface area contributed by atoms with Crippen LogP contribution in [0, 0.1) is 4.77 Å². The third kappa shape index (κ3) is 2.94. The Morgan fingerprint density at radius 1 is 1.36 bits per heavy atom. The lowest BCUT2D eigenvalue weighted by Crippen LogP contribution is -2.20. The fourth-order valence-electron chi connectivity index (χ4n) is 3.76. The third-order valence-electron chi connectivity index (χ3n) is 5.02. The SMILES string of the molecule is CN1CCCC1c1cc(Cl)ccc1Cn1c(=S)[nH]c(=O)c2[nH]ccc21. The van der Waals surface area contributed by atoms with Crippen molar-refractivity contribution < 1.29 is 0 Å². The van der Waals surface area contributed by atoms with Crippen LogP contribution in [0.15, 0.2) is 35.3 Å². The highest BCUT2D eigenvalue weighted by Gasteiger charge is 2.25. The molecule has 2 aromatic heterocycles. The minimum Gasteiger partial charge on any atom is -0.355 e. The molecular formula is C18H19ClN4OS. The molecule has 0 bridgehead atoms. The zero-order valence-electron chi connectivity index (χ0n) is 13.9. The topological polar surface area (TPSA) is 56.8 Å². The summed E-state index contributed by atoms with van der Waals surface area (Å²) in [6.45, 7) is 1.69. The molecule has 1 atom stereocenters. The number of rotatable bonds is 3. The van der Waals surface area contributed by atoms with Crippen molar-refractivity contribution in [2.45, 2.75) is 25.4 Å². The molecule has 1 unspecified atom stereocenters. The van der Waals surface area contributed by atoms with Crippen LogP contribution in [0.2, 0.25) is 5.02 Å². The number of H-pyrrole nitrogens is 2. The Kier molecular flexibility index (Phi) is 4.27. The van der Waals surface area contributed by atoms with Crippen LogP contribution in [0.25, 0.3) is 11.0 Å². The van der Waals surface area contributed by atoms with E-state index in [0.717, 1.165) is 23.5 Å². The summed E-state index contributed by atoms with van der Waals surface area (Å²) in [4.78, 5) is 20.1. The first-order valence-electron chi connectivity index (χ1n) is 8.33. The molecule has 25 heavy (non-hydrogen) atoms. The molecule has 0 radical (unpaired) electrons. The molecule has 0 saturated carbocycles. The van der Waals surface area contributed by atoms with E-state index in [1.54, 1.807) is 6.20 Å². The maximum Gasteiger partial charge on any atom is 0.276 e. The molecule has 1 aromatic carbocycles. The number of benzene rings is 1. The van der Waals surface area contributed by atoms with E-state index in [-0.39, 0.29) is 5.56 Å². The Bertz CT molecular complexity index is 1050. The van der Waals surface area contributed by atoms with Gasteiger partial charge in [-0.2, -0.15) is 0 Å². The molecule has 0 amide bonds.